The lowest BCUT2D eigenvalue weighted by molar-refractivity contribution is -0.138. The van der Waals surface area contributed by atoms with Crippen molar-refractivity contribution in [2.24, 2.45) is 0 Å². The molecule has 0 aliphatic carbocycles. The maximum Gasteiger partial charge on any atom is 0.417 e. The van der Waals surface area contributed by atoms with Gasteiger partial charge in [-0.2, -0.15) is 26.3 Å². The Hall–Kier alpha value is -8.91. The van der Waals surface area contributed by atoms with Crippen LogP contribution in [0, 0.1) is 34.9 Å². The molecule has 2 amide bonds. The van der Waals surface area contributed by atoms with Crippen molar-refractivity contribution in [2.75, 3.05) is 10.6 Å². The van der Waals surface area contributed by atoms with E-state index in [1.54, 1.807) is 24.3 Å². The number of imidazole rings is 2. The average Bonchev–Trinajstić information content (AvgIpc) is 3.98. The van der Waals surface area contributed by atoms with Crippen LogP contribution in [0.4, 0.5) is 64.1 Å². The van der Waals surface area contributed by atoms with Crippen LogP contribution in [0.25, 0.3) is 56.1 Å². The molecule has 6 aromatic carbocycles. The molecule has 75 heavy (non-hydrogen) atoms. The number of halogens is 13. The second-order valence-corrected chi connectivity index (χ2v) is 16.6. The smallest absolute Gasteiger partial charge is 0.322 e. The van der Waals surface area contributed by atoms with E-state index >= 15 is 0 Å². The number of benzene rings is 6. The van der Waals surface area contributed by atoms with Crippen molar-refractivity contribution in [1.82, 2.24) is 18.8 Å². The summed E-state index contributed by atoms with van der Waals surface area (Å²) in [5.74, 6) is -7.61. The van der Waals surface area contributed by atoms with Crippen LogP contribution in [0.2, 0.25) is 5.28 Å². The van der Waals surface area contributed by atoms with E-state index in [9.17, 15) is 62.3 Å². The van der Waals surface area contributed by atoms with Gasteiger partial charge < -0.3 is 10.6 Å². The summed E-state index contributed by atoms with van der Waals surface area (Å²) in [6.07, 6.45) is -8.34. The SMILES string of the molecule is O=C(Nc1ccc(F)cc1)c1cc(-c2cccc3c(-c4cccc(F)c4F)nc(Cl)n23)ccc1C(F)(F)F.O=C(Nc1ccc(F)cc1)c1cc(-c2cccc3c(-c4cccc(F)c4F)ncn23)ccc1C(F)(F)F. The molecule has 0 atom stereocenters. The summed E-state index contributed by atoms with van der Waals surface area (Å²) in [6, 6.07) is 31.8. The molecular formula is C54H29ClF12N6O2. The predicted molar refractivity (Wildman–Crippen MR) is 256 cm³/mol. The van der Waals surface area contributed by atoms with Gasteiger partial charge in [-0.25, -0.2) is 36.3 Å². The number of nitrogens with zero attached hydrogens (tertiary/aromatic N) is 4. The molecule has 378 valence electrons. The van der Waals surface area contributed by atoms with Gasteiger partial charge in [-0.3, -0.25) is 18.4 Å². The Balaban J connectivity index is 0.000000184. The molecule has 0 bridgehead atoms. The van der Waals surface area contributed by atoms with Crippen molar-refractivity contribution >= 4 is 45.8 Å². The number of aromatic nitrogens is 4. The highest BCUT2D eigenvalue weighted by Gasteiger charge is 2.37. The molecule has 0 radical (unpaired) electrons. The Labute approximate surface area is 420 Å². The normalized spacial score (nSPS) is 11.6. The Kier molecular flexibility index (Phi) is 13.7. The Morgan fingerprint density at radius 3 is 1.43 bits per heavy atom. The maximum atomic E-state index is 14.5. The fraction of sp³-hybridized carbons (Fsp3) is 0.0370. The second kappa shape index (κ2) is 20.2. The van der Waals surface area contributed by atoms with Gasteiger partial charge in [-0.05, 0) is 144 Å². The number of alkyl halides is 6. The first-order chi connectivity index (χ1) is 35.7. The number of hydrogen-bond acceptors (Lipinski definition) is 4. The highest BCUT2D eigenvalue weighted by atomic mass is 35.5. The van der Waals surface area contributed by atoms with E-state index in [1.165, 1.54) is 81.9 Å². The number of carbonyl (C=O) groups excluding carboxylic acids is 2. The standard InChI is InChI=1S/C27H14ClF6N3O.C27H15F6N3O/c28-26-36-24(17-3-1-4-20(30)23(17)31)22-6-2-5-21(37(22)26)14-7-12-19(27(32,33)34)18(13-14)25(38)35-16-10-8-15(29)9-11-16;28-16-8-10-17(11-9-16)35-26(37)19-13-15(7-12-20(19)27(31,32)33)22-5-2-6-23-25(34-14-36(22)23)18-3-1-4-21(29)24(18)30/h1-13H,(H,35,38);1-14H,(H,35,37). The topological polar surface area (TPSA) is 92.8 Å². The van der Waals surface area contributed by atoms with Crippen LogP contribution >= 0.6 is 11.6 Å². The van der Waals surface area contributed by atoms with Crippen LogP contribution < -0.4 is 10.6 Å². The fourth-order valence-electron chi connectivity index (χ4n) is 8.09. The zero-order valence-electron chi connectivity index (χ0n) is 37.6. The molecule has 0 fully saturated rings. The molecule has 4 heterocycles. The van der Waals surface area contributed by atoms with Gasteiger partial charge in [0.1, 0.15) is 23.7 Å². The Morgan fingerprint density at radius 2 is 0.933 bits per heavy atom. The van der Waals surface area contributed by atoms with Crippen LogP contribution in [0.3, 0.4) is 0 Å². The van der Waals surface area contributed by atoms with E-state index in [0.717, 1.165) is 66.7 Å². The minimum Gasteiger partial charge on any atom is -0.322 e. The van der Waals surface area contributed by atoms with E-state index in [0.29, 0.717) is 11.2 Å². The van der Waals surface area contributed by atoms with Crippen molar-refractivity contribution in [1.29, 1.82) is 0 Å². The fourth-order valence-corrected chi connectivity index (χ4v) is 8.36. The molecule has 2 N–H and O–H groups in total. The lowest BCUT2D eigenvalue weighted by Gasteiger charge is -2.15. The summed E-state index contributed by atoms with van der Waals surface area (Å²) in [4.78, 5) is 34.1. The van der Waals surface area contributed by atoms with Gasteiger partial charge in [0.15, 0.2) is 23.3 Å². The monoisotopic (exact) mass is 1060 g/mol. The molecule has 0 spiro atoms. The van der Waals surface area contributed by atoms with Crippen molar-refractivity contribution in [3.8, 4) is 45.0 Å². The minimum absolute atomic E-state index is 0.0232. The molecule has 4 aromatic heterocycles. The molecule has 0 saturated heterocycles. The van der Waals surface area contributed by atoms with Crippen molar-refractivity contribution < 1.29 is 62.3 Å². The largest absolute Gasteiger partial charge is 0.417 e. The lowest BCUT2D eigenvalue weighted by atomic mass is 10.00. The molecule has 10 aromatic rings. The molecule has 0 aliphatic heterocycles. The third-order valence-corrected chi connectivity index (χ3v) is 11.8. The van der Waals surface area contributed by atoms with Crippen LogP contribution in [-0.2, 0) is 12.4 Å². The van der Waals surface area contributed by atoms with E-state index in [2.05, 4.69) is 20.6 Å². The molecule has 10 rings (SSSR count). The number of carbonyl (C=O) groups is 2. The first-order valence-corrected chi connectivity index (χ1v) is 22.1. The highest BCUT2D eigenvalue weighted by Crippen LogP contribution is 2.39. The van der Waals surface area contributed by atoms with Gasteiger partial charge in [0.25, 0.3) is 11.8 Å². The van der Waals surface area contributed by atoms with Gasteiger partial charge in [-0.1, -0.05) is 36.4 Å². The van der Waals surface area contributed by atoms with Crippen LogP contribution in [-0.4, -0.2) is 30.6 Å². The summed E-state index contributed by atoms with van der Waals surface area (Å²) in [6.45, 7) is 0. The second-order valence-electron chi connectivity index (χ2n) is 16.3. The van der Waals surface area contributed by atoms with Gasteiger partial charge in [0.2, 0.25) is 5.28 Å². The Morgan fingerprint density at radius 1 is 0.493 bits per heavy atom. The van der Waals surface area contributed by atoms with Crippen molar-refractivity contribution in [2.45, 2.75) is 12.4 Å². The molecule has 8 nitrogen and oxygen atoms in total. The first kappa shape index (κ1) is 51.0. The van der Waals surface area contributed by atoms with E-state index in [4.69, 9.17) is 11.6 Å². The van der Waals surface area contributed by atoms with Crippen LogP contribution in [0.15, 0.2) is 164 Å². The molecule has 0 aliphatic rings. The number of pyridine rings is 2. The first-order valence-electron chi connectivity index (χ1n) is 21.8. The van der Waals surface area contributed by atoms with Crippen molar-refractivity contribution in [3.63, 3.8) is 0 Å². The number of hydrogen-bond donors (Lipinski definition) is 2. The zero-order chi connectivity index (χ0) is 53.5. The Bertz CT molecular complexity index is 3840. The summed E-state index contributed by atoms with van der Waals surface area (Å²) in [5.41, 5.74) is -1.90. The van der Waals surface area contributed by atoms with E-state index < -0.39 is 81.3 Å². The summed E-state index contributed by atoms with van der Waals surface area (Å²) in [5, 5.41) is 4.52. The lowest BCUT2D eigenvalue weighted by Crippen LogP contribution is -2.19. The third-order valence-electron chi connectivity index (χ3n) is 11.5. The van der Waals surface area contributed by atoms with Gasteiger partial charge in [0.05, 0.1) is 50.4 Å². The molecule has 0 unspecified atom stereocenters. The summed E-state index contributed by atoms with van der Waals surface area (Å²) >= 11 is 6.35. The summed E-state index contributed by atoms with van der Waals surface area (Å²) < 4.78 is 168. The van der Waals surface area contributed by atoms with Gasteiger partial charge >= 0.3 is 12.4 Å². The van der Waals surface area contributed by atoms with Crippen LogP contribution in [0.5, 0.6) is 0 Å². The van der Waals surface area contributed by atoms with Crippen molar-refractivity contribution in [3.05, 3.63) is 226 Å². The average molecular weight is 1060 g/mol. The molecular weight excluding hydrogens is 1030 g/mol. The number of amides is 2. The third kappa shape index (κ3) is 10.4. The molecule has 21 heteroatoms. The van der Waals surface area contributed by atoms with E-state index in [1.807, 2.05) is 0 Å². The summed E-state index contributed by atoms with van der Waals surface area (Å²) in [7, 11) is 0. The van der Waals surface area contributed by atoms with Crippen LogP contribution in [0.1, 0.15) is 31.8 Å². The maximum absolute atomic E-state index is 14.5. The predicted octanol–water partition coefficient (Wildman–Crippen LogP) is 15.4. The van der Waals surface area contributed by atoms with Gasteiger partial charge in [0, 0.05) is 22.5 Å². The number of rotatable bonds is 8. The minimum atomic E-state index is -4.85. The number of fused-ring (bicyclic) bond motifs is 2. The van der Waals surface area contributed by atoms with Gasteiger partial charge in [-0.15, -0.1) is 0 Å². The molecule has 0 saturated carbocycles. The van der Waals surface area contributed by atoms with E-state index in [-0.39, 0.29) is 61.5 Å². The highest BCUT2D eigenvalue weighted by molar-refractivity contribution is 6.29. The number of nitrogens with one attached hydrogen (secondary N) is 2. The quantitative estimate of drug-likeness (QED) is 0.148. The zero-order valence-corrected chi connectivity index (χ0v) is 38.4. The number of anilines is 2.